The summed E-state index contributed by atoms with van der Waals surface area (Å²) in [5, 5.41) is 4.97. The highest BCUT2D eigenvalue weighted by molar-refractivity contribution is 5.82. The minimum absolute atomic E-state index is 0.331. The number of hydrogen-bond acceptors (Lipinski definition) is 6. The molecule has 9 nitrogen and oxygen atoms in total. The van der Waals surface area contributed by atoms with Gasteiger partial charge in [0, 0.05) is 37.5 Å². The lowest BCUT2D eigenvalue weighted by Crippen LogP contribution is -2.24. The van der Waals surface area contributed by atoms with Crippen molar-refractivity contribution in [2.45, 2.75) is 19.4 Å². The highest BCUT2D eigenvalue weighted by atomic mass is 16.6. The monoisotopic (exact) mass is 465 g/mol. The molecule has 2 amide bonds. The van der Waals surface area contributed by atoms with Gasteiger partial charge in [0.25, 0.3) is 0 Å². The summed E-state index contributed by atoms with van der Waals surface area (Å²) in [7, 11) is 6.21. The molecule has 0 aliphatic carbocycles. The summed E-state index contributed by atoms with van der Waals surface area (Å²) >= 11 is 0. The van der Waals surface area contributed by atoms with Gasteiger partial charge >= 0.3 is 12.2 Å². The lowest BCUT2D eigenvalue weighted by Gasteiger charge is -2.16. The SMILES string of the molecule is CNC(=O)Oc1c(C(C)OC(=O)NC)c2n(c1-c1ccc(OC)cc1)-c1ccc(OC)cc1C2. The average Bonchev–Trinajstić information content (AvgIpc) is 3.36. The van der Waals surface area contributed by atoms with E-state index in [4.69, 9.17) is 18.9 Å². The molecule has 0 radical (unpaired) electrons. The second-order valence-electron chi connectivity index (χ2n) is 7.71. The molecule has 1 atom stereocenters. The van der Waals surface area contributed by atoms with E-state index in [0.717, 1.165) is 28.3 Å². The van der Waals surface area contributed by atoms with Gasteiger partial charge in [-0.15, -0.1) is 0 Å². The number of alkyl carbamates (subject to hydrolysis) is 1. The minimum atomic E-state index is -0.691. The van der Waals surface area contributed by atoms with Gasteiger partial charge in [0.1, 0.15) is 17.6 Å². The van der Waals surface area contributed by atoms with E-state index in [2.05, 4.69) is 10.6 Å². The van der Waals surface area contributed by atoms with Crippen molar-refractivity contribution in [2.75, 3.05) is 28.3 Å². The van der Waals surface area contributed by atoms with E-state index in [1.54, 1.807) is 21.1 Å². The molecule has 0 spiro atoms. The van der Waals surface area contributed by atoms with Crippen molar-refractivity contribution in [1.29, 1.82) is 0 Å². The highest BCUT2D eigenvalue weighted by Crippen LogP contribution is 2.49. The number of hydrogen-bond donors (Lipinski definition) is 2. The molecule has 178 valence electrons. The summed E-state index contributed by atoms with van der Waals surface area (Å²) < 4.78 is 24.1. The van der Waals surface area contributed by atoms with Crippen LogP contribution in [0.5, 0.6) is 17.2 Å². The average molecular weight is 466 g/mol. The number of fused-ring (bicyclic) bond motifs is 3. The smallest absolute Gasteiger partial charge is 0.412 e. The molecule has 2 N–H and O–H groups in total. The quantitative estimate of drug-likeness (QED) is 0.443. The van der Waals surface area contributed by atoms with Gasteiger partial charge in [0.15, 0.2) is 5.75 Å². The Morgan fingerprint density at radius 1 is 0.941 bits per heavy atom. The lowest BCUT2D eigenvalue weighted by atomic mass is 10.0. The fraction of sp³-hybridized carbons (Fsp3) is 0.280. The first kappa shape index (κ1) is 23.0. The predicted molar refractivity (Wildman–Crippen MR) is 126 cm³/mol. The number of amides is 2. The summed E-state index contributed by atoms with van der Waals surface area (Å²) in [6, 6.07) is 13.3. The number of carbonyl (C=O) groups is 2. The fourth-order valence-electron chi connectivity index (χ4n) is 4.24. The minimum Gasteiger partial charge on any atom is -0.497 e. The molecule has 1 aliphatic rings. The van der Waals surface area contributed by atoms with Crippen LogP contribution in [-0.4, -0.2) is 45.1 Å². The standard InChI is InChI=1S/C25H27N3O6/c1-14(33-24(29)26-2)21-20-13-16-12-18(32-5)10-11-19(16)28(20)22(23(21)34-25(30)27-3)15-6-8-17(31-4)9-7-15/h6-12,14H,13H2,1-5H3,(H,26,29)(H,27,30). The molecule has 2 aromatic carbocycles. The number of rotatable bonds is 6. The van der Waals surface area contributed by atoms with Crippen LogP contribution in [0.15, 0.2) is 42.5 Å². The van der Waals surface area contributed by atoms with Crippen LogP contribution in [0.25, 0.3) is 16.9 Å². The molecule has 9 heteroatoms. The Balaban J connectivity index is 1.99. The van der Waals surface area contributed by atoms with Gasteiger partial charge < -0.3 is 34.1 Å². The first-order valence-electron chi connectivity index (χ1n) is 10.8. The maximum Gasteiger partial charge on any atom is 0.412 e. The lowest BCUT2D eigenvalue weighted by molar-refractivity contribution is 0.107. The Labute approximate surface area is 197 Å². The van der Waals surface area contributed by atoms with Crippen LogP contribution in [0.1, 0.15) is 29.8 Å². The normalized spacial score (nSPS) is 12.3. The Kier molecular flexibility index (Phi) is 6.36. The number of nitrogens with zero attached hydrogens (tertiary/aromatic N) is 1. The van der Waals surface area contributed by atoms with E-state index in [-0.39, 0.29) is 0 Å². The first-order chi connectivity index (χ1) is 16.4. The van der Waals surface area contributed by atoms with Gasteiger partial charge in [-0.25, -0.2) is 9.59 Å². The molecule has 1 aromatic heterocycles. The maximum absolute atomic E-state index is 12.4. The van der Waals surface area contributed by atoms with Gasteiger partial charge in [-0.2, -0.15) is 0 Å². The summed E-state index contributed by atoms with van der Waals surface area (Å²) in [6.45, 7) is 1.75. The summed E-state index contributed by atoms with van der Waals surface area (Å²) in [4.78, 5) is 24.4. The van der Waals surface area contributed by atoms with Crippen LogP contribution in [-0.2, 0) is 11.2 Å². The number of benzene rings is 2. The maximum atomic E-state index is 12.4. The van der Waals surface area contributed by atoms with Crippen molar-refractivity contribution in [2.24, 2.45) is 0 Å². The Hall–Kier alpha value is -4.14. The molecule has 1 aliphatic heterocycles. The summed E-state index contributed by atoms with van der Waals surface area (Å²) in [5.41, 5.74) is 4.94. The van der Waals surface area contributed by atoms with Gasteiger partial charge in [0.2, 0.25) is 0 Å². The third-order valence-corrected chi connectivity index (χ3v) is 5.81. The Morgan fingerprint density at radius 3 is 2.21 bits per heavy atom. The Morgan fingerprint density at radius 2 is 1.59 bits per heavy atom. The third kappa shape index (κ3) is 4.00. The highest BCUT2D eigenvalue weighted by Gasteiger charge is 2.36. The number of nitrogens with one attached hydrogen (secondary N) is 2. The van der Waals surface area contributed by atoms with Gasteiger partial charge in [-0.05, 0) is 55.0 Å². The van der Waals surface area contributed by atoms with Gasteiger partial charge in [0.05, 0.1) is 25.5 Å². The molecule has 2 heterocycles. The molecule has 0 bridgehead atoms. The van der Waals surface area contributed by atoms with E-state index in [0.29, 0.717) is 29.2 Å². The zero-order valence-electron chi connectivity index (χ0n) is 19.7. The van der Waals surface area contributed by atoms with Crippen LogP contribution in [0.3, 0.4) is 0 Å². The topological polar surface area (TPSA) is 100 Å². The number of methoxy groups -OCH3 is 2. The van der Waals surface area contributed by atoms with Crippen molar-refractivity contribution in [3.05, 3.63) is 59.3 Å². The third-order valence-electron chi connectivity index (χ3n) is 5.81. The molecule has 4 rings (SSSR count). The molecular weight excluding hydrogens is 438 g/mol. The van der Waals surface area contributed by atoms with Gasteiger partial charge in [-0.1, -0.05) is 0 Å². The number of aromatic nitrogens is 1. The van der Waals surface area contributed by atoms with Crippen molar-refractivity contribution >= 4 is 12.2 Å². The summed E-state index contributed by atoms with van der Waals surface area (Å²) in [5.74, 6) is 1.78. The van der Waals surface area contributed by atoms with E-state index in [1.807, 2.05) is 47.0 Å². The second-order valence-corrected chi connectivity index (χ2v) is 7.71. The van der Waals surface area contributed by atoms with Gasteiger partial charge in [-0.3, -0.25) is 0 Å². The summed E-state index contributed by atoms with van der Waals surface area (Å²) in [6.07, 6.45) is -1.35. The molecule has 3 aromatic rings. The number of carbonyl (C=O) groups excluding carboxylic acids is 2. The molecule has 1 unspecified atom stereocenters. The molecule has 0 fully saturated rings. The van der Waals surface area contributed by atoms with Crippen LogP contribution >= 0.6 is 0 Å². The second kappa shape index (κ2) is 9.38. The predicted octanol–water partition coefficient (Wildman–Crippen LogP) is 4.20. The first-order valence-corrected chi connectivity index (χ1v) is 10.8. The van der Waals surface area contributed by atoms with Crippen molar-refractivity contribution < 1.29 is 28.5 Å². The van der Waals surface area contributed by atoms with Crippen molar-refractivity contribution in [1.82, 2.24) is 15.2 Å². The van der Waals surface area contributed by atoms with Crippen LogP contribution < -0.4 is 24.8 Å². The molecular formula is C25H27N3O6. The van der Waals surface area contributed by atoms with Crippen molar-refractivity contribution in [3.63, 3.8) is 0 Å². The van der Waals surface area contributed by atoms with Crippen LogP contribution in [0.4, 0.5) is 9.59 Å². The number of ether oxygens (including phenoxy) is 4. The van der Waals surface area contributed by atoms with E-state index in [9.17, 15) is 9.59 Å². The van der Waals surface area contributed by atoms with Crippen molar-refractivity contribution in [3.8, 4) is 34.2 Å². The zero-order valence-corrected chi connectivity index (χ0v) is 19.7. The van der Waals surface area contributed by atoms with E-state index < -0.39 is 18.3 Å². The molecule has 0 saturated heterocycles. The van der Waals surface area contributed by atoms with E-state index >= 15 is 0 Å². The van der Waals surface area contributed by atoms with E-state index in [1.165, 1.54) is 14.1 Å². The molecule has 34 heavy (non-hydrogen) atoms. The fourth-order valence-corrected chi connectivity index (χ4v) is 4.24. The van der Waals surface area contributed by atoms with Crippen LogP contribution in [0, 0.1) is 0 Å². The molecule has 0 saturated carbocycles. The Bertz CT molecular complexity index is 1230. The van der Waals surface area contributed by atoms with Crippen LogP contribution in [0.2, 0.25) is 0 Å². The zero-order chi connectivity index (χ0) is 24.4. The largest absolute Gasteiger partial charge is 0.497 e.